The number of ether oxygens (including phenoxy) is 2. The van der Waals surface area contributed by atoms with Crippen LogP contribution in [0.2, 0.25) is 0 Å². The maximum Gasteiger partial charge on any atom is 0.456 e. The lowest BCUT2D eigenvalue weighted by molar-refractivity contribution is -0.381. The van der Waals surface area contributed by atoms with Crippen LogP contribution in [0.4, 0.5) is 22.0 Å². The molecule has 3 nitrogen and oxygen atoms in total. The monoisotopic (exact) mass is 288 g/mol. The summed E-state index contributed by atoms with van der Waals surface area (Å²) in [5.74, 6) is -5.88. The summed E-state index contributed by atoms with van der Waals surface area (Å²) < 4.78 is 73.0. The van der Waals surface area contributed by atoms with Crippen LogP contribution in [0.1, 0.15) is 19.8 Å². The van der Waals surface area contributed by atoms with E-state index in [1.165, 1.54) is 6.92 Å². The number of esters is 1. The topological polar surface area (TPSA) is 35.5 Å². The van der Waals surface area contributed by atoms with Crippen molar-refractivity contribution in [3.63, 3.8) is 0 Å². The fourth-order valence-electron chi connectivity index (χ4n) is 1.90. The fraction of sp³-hybridized carbons (Fsp3) is 0.727. The molecule has 0 aromatic heterocycles. The van der Waals surface area contributed by atoms with E-state index in [0.29, 0.717) is 0 Å². The lowest BCUT2D eigenvalue weighted by atomic mass is 9.82. The predicted molar refractivity (Wildman–Crippen MR) is 54.7 cm³/mol. The van der Waals surface area contributed by atoms with E-state index >= 15 is 0 Å². The molecule has 2 unspecified atom stereocenters. The summed E-state index contributed by atoms with van der Waals surface area (Å²) in [4.78, 5) is 10.9. The molecular weight excluding hydrogens is 275 g/mol. The zero-order chi connectivity index (χ0) is 14.9. The van der Waals surface area contributed by atoms with E-state index in [4.69, 9.17) is 0 Å². The summed E-state index contributed by atoms with van der Waals surface area (Å²) >= 11 is 0. The van der Waals surface area contributed by atoms with Crippen LogP contribution in [-0.2, 0) is 14.3 Å². The first kappa shape index (κ1) is 15.9. The average molecular weight is 288 g/mol. The summed E-state index contributed by atoms with van der Waals surface area (Å²) in [7, 11) is 0. The van der Waals surface area contributed by atoms with Crippen molar-refractivity contribution in [1.29, 1.82) is 0 Å². The average Bonchev–Trinajstić information content (AvgIpc) is 2.21. The van der Waals surface area contributed by atoms with Crippen molar-refractivity contribution in [3.05, 3.63) is 12.7 Å². The van der Waals surface area contributed by atoms with E-state index in [-0.39, 0.29) is 6.61 Å². The summed E-state index contributed by atoms with van der Waals surface area (Å²) in [5, 5.41) is 0. The molecule has 19 heavy (non-hydrogen) atoms. The number of hydrogen-bond donors (Lipinski definition) is 0. The molecule has 1 fully saturated rings. The van der Waals surface area contributed by atoms with Crippen LogP contribution in [0.15, 0.2) is 12.7 Å². The highest BCUT2D eigenvalue weighted by atomic mass is 19.4. The summed E-state index contributed by atoms with van der Waals surface area (Å²) in [6.07, 6.45) is -7.24. The second-order valence-corrected chi connectivity index (χ2v) is 4.32. The minimum Gasteiger partial charge on any atom is -0.459 e. The van der Waals surface area contributed by atoms with Gasteiger partial charge in [-0.05, 0) is 6.92 Å². The molecule has 0 aromatic carbocycles. The van der Waals surface area contributed by atoms with Crippen LogP contribution in [0.3, 0.4) is 0 Å². The zero-order valence-electron chi connectivity index (χ0n) is 10.1. The second-order valence-electron chi connectivity index (χ2n) is 4.32. The van der Waals surface area contributed by atoms with Crippen molar-refractivity contribution in [2.75, 3.05) is 6.61 Å². The van der Waals surface area contributed by atoms with Crippen LogP contribution in [0.5, 0.6) is 0 Å². The highest BCUT2D eigenvalue weighted by Crippen LogP contribution is 2.52. The van der Waals surface area contributed by atoms with Gasteiger partial charge in [-0.1, -0.05) is 6.58 Å². The van der Waals surface area contributed by atoms with E-state index < -0.39 is 42.6 Å². The van der Waals surface area contributed by atoms with E-state index in [0.717, 1.165) is 6.08 Å². The quantitative estimate of drug-likeness (QED) is 0.443. The Hall–Kier alpha value is -1.18. The predicted octanol–water partition coefficient (Wildman–Crippen LogP) is 2.85. The summed E-state index contributed by atoms with van der Waals surface area (Å²) in [6.45, 7) is 4.13. The minimum atomic E-state index is -5.71. The van der Waals surface area contributed by atoms with Crippen LogP contribution >= 0.6 is 0 Å². The van der Waals surface area contributed by atoms with Crippen LogP contribution in [0.25, 0.3) is 0 Å². The number of alkyl halides is 5. The number of halogens is 5. The fourth-order valence-corrected chi connectivity index (χ4v) is 1.90. The lowest BCUT2D eigenvalue weighted by Crippen LogP contribution is -2.64. The first-order chi connectivity index (χ1) is 8.56. The van der Waals surface area contributed by atoms with Gasteiger partial charge in [-0.25, -0.2) is 4.79 Å². The van der Waals surface area contributed by atoms with Gasteiger partial charge in [0.2, 0.25) is 0 Å². The first-order valence-corrected chi connectivity index (χ1v) is 5.47. The number of carbonyl (C=O) groups excluding carboxylic acids is 1. The van der Waals surface area contributed by atoms with E-state index in [1.54, 1.807) is 0 Å². The highest BCUT2D eigenvalue weighted by molar-refractivity contribution is 5.81. The molecule has 110 valence electrons. The molecule has 0 bridgehead atoms. The Balaban J connectivity index is 2.82. The summed E-state index contributed by atoms with van der Waals surface area (Å²) in [5.41, 5.74) is -2.66. The maximum absolute atomic E-state index is 13.4. The van der Waals surface area contributed by atoms with Crippen molar-refractivity contribution < 1.29 is 36.2 Å². The van der Waals surface area contributed by atoms with Gasteiger partial charge >= 0.3 is 18.1 Å². The van der Waals surface area contributed by atoms with Crippen molar-refractivity contribution in [2.24, 2.45) is 0 Å². The second kappa shape index (κ2) is 5.07. The highest BCUT2D eigenvalue weighted by Gasteiger charge is 2.73. The SMILES string of the molecule is C=CC(=O)OC(C)CC1(C(F)(F)C(F)(F)F)CCO1. The van der Waals surface area contributed by atoms with Crippen molar-refractivity contribution in [3.8, 4) is 0 Å². The number of carbonyl (C=O) groups is 1. The van der Waals surface area contributed by atoms with Gasteiger partial charge in [0.15, 0.2) is 0 Å². The van der Waals surface area contributed by atoms with Crippen LogP contribution in [0, 0.1) is 0 Å². The third-order valence-electron chi connectivity index (χ3n) is 2.91. The molecule has 1 heterocycles. The molecule has 0 N–H and O–H groups in total. The van der Waals surface area contributed by atoms with E-state index in [1.807, 2.05) is 0 Å². The molecule has 1 aliphatic heterocycles. The Kier molecular flexibility index (Phi) is 4.23. The van der Waals surface area contributed by atoms with Gasteiger partial charge in [-0.2, -0.15) is 22.0 Å². The normalized spacial score (nSPS) is 25.4. The van der Waals surface area contributed by atoms with Gasteiger partial charge in [0.25, 0.3) is 0 Å². The largest absolute Gasteiger partial charge is 0.459 e. The standard InChI is InChI=1S/C11H13F5O3/c1-3-8(17)19-7(2)6-9(4-5-18-9)10(12,13)11(14,15)16/h3,7H,1,4-6H2,2H3. The molecule has 0 saturated carbocycles. The van der Waals surface area contributed by atoms with E-state index in [9.17, 15) is 26.7 Å². The van der Waals surface area contributed by atoms with Gasteiger partial charge in [0.1, 0.15) is 11.7 Å². The molecule has 2 atom stereocenters. The van der Waals surface area contributed by atoms with Crippen molar-refractivity contribution in [1.82, 2.24) is 0 Å². The number of rotatable bonds is 5. The Labute approximate surface area is 106 Å². The van der Waals surface area contributed by atoms with Crippen LogP contribution < -0.4 is 0 Å². The van der Waals surface area contributed by atoms with Gasteiger partial charge in [-0.15, -0.1) is 0 Å². The molecule has 1 saturated heterocycles. The van der Waals surface area contributed by atoms with Gasteiger partial charge in [0, 0.05) is 18.9 Å². The van der Waals surface area contributed by atoms with Gasteiger partial charge in [-0.3, -0.25) is 0 Å². The maximum atomic E-state index is 13.4. The molecule has 0 amide bonds. The third kappa shape index (κ3) is 2.88. The Morgan fingerprint density at radius 1 is 1.47 bits per heavy atom. The minimum absolute atomic E-state index is 0.187. The number of hydrogen-bond acceptors (Lipinski definition) is 3. The van der Waals surface area contributed by atoms with Crippen molar-refractivity contribution >= 4 is 5.97 Å². The molecule has 0 aromatic rings. The van der Waals surface area contributed by atoms with Gasteiger partial charge < -0.3 is 9.47 Å². The Morgan fingerprint density at radius 2 is 2.00 bits per heavy atom. The molecule has 0 aliphatic carbocycles. The summed E-state index contributed by atoms with van der Waals surface area (Å²) in [6, 6.07) is 0. The van der Waals surface area contributed by atoms with Crippen molar-refractivity contribution in [2.45, 2.75) is 43.6 Å². The first-order valence-electron chi connectivity index (χ1n) is 5.47. The molecule has 8 heteroatoms. The molecule has 1 rings (SSSR count). The zero-order valence-corrected chi connectivity index (χ0v) is 10.1. The molecule has 1 aliphatic rings. The molecule has 0 spiro atoms. The molecule has 0 radical (unpaired) electrons. The lowest BCUT2D eigenvalue weighted by Gasteiger charge is -2.47. The third-order valence-corrected chi connectivity index (χ3v) is 2.91. The Morgan fingerprint density at radius 3 is 2.32 bits per heavy atom. The van der Waals surface area contributed by atoms with Gasteiger partial charge in [0.05, 0.1) is 6.61 Å². The smallest absolute Gasteiger partial charge is 0.456 e. The Bertz CT molecular complexity index is 360. The van der Waals surface area contributed by atoms with Crippen LogP contribution in [-0.4, -0.2) is 36.4 Å². The molecular formula is C11H13F5O3. The van der Waals surface area contributed by atoms with E-state index in [2.05, 4.69) is 16.1 Å².